The third kappa shape index (κ3) is 3.82. The van der Waals surface area contributed by atoms with Crippen LogP contribution in [0.4, 0.5) is 14.5 Å². The number of nitrogens with zero attached hydrogens (tertiary/aromatic N) is 2. The van der Waals surface area contributed by atoms with E-state index in [1.165, 1.54) is 19.1 Å². The van der Waals surface area contributed by atoms with Gasteiger partial charge < -0.3 is 9.64 Å². The lowest BCUT2D eigenvalue weighted by Gasteiger charge is -2.22. The monoisotopic (exact) mass is 452 g/mol. The van der Waals surface area contributed by atoms with Crippen LogP contribution in [-0.4, -0.2) is 43.7 Å². The van der Waals surface area contributed by atoms with Gasteiger partial charge in [0, 0.05) is 17.0 Å². The van der Waals surface area contributed by atoms with E-state index in [1.807, 2.05) is 0 Å². The van der Waals surface area contributed by atoms with Crippen molar-refractivity contribution in [2.24, 2.45) is 4.40 Å². The summed E-state index contributed by atoms with van der Waals surface area (Å²) in [6.07, 6.45) is -1.22. The number of esters is 1. The van der Waals surface area contributed by atoms with Crippen molar-refractivity contribution in [3.8, 4) is 0 Å². The van der Waals surface area contributed by atoms with E-state index >= 15 is 0 Å². The predicted octanol–water partition coefficient (Wildman–Crippen LogP) is 3.00. The summed E-state index contributed by atoms with van der Waals surface area (Å²) in [5.41, 5.74) is 0.778. The van der Waals surface area contributed by atoms with E-state index in [4.69, 9.17) is 4.74 Å². The van der Waals surface area contributed by atoms with E-state index in [9.17, 15) is 26.8 Å². The lowest BCUT2D eigenvalue weighted by molar-refractivity contribution is 0.0318. The number of fused-ring (bicyclic) bond motifs is 3. The number of carbonyl (C=O) groups excluding carboxylic acids is 2. The third-order valence-corrected chi connectivity index (χ3v) is 6.87. The summed E-state index contributed by atoms with van der Waals surface area (Å²) in [6.45, 7) is 1.61. The number of rotatable bonds is 4. The molecule has 0 fully saturated rings. The van der Waals surface area contributed by atoms with E-state index in [1.54, 1.807) is 11.0 Å². The maximum Gasteiger partial charge on any atom is 0.338 e. The second kappa shape index (κ2) is 7.47. The van der Waals surface area contributed by atoms with Gasteiger partial charge in [0.15, 0.2) is 22.9 Å². The fraction of sp³-hybridized carbons (Fsp3) is 0.211. The molecule has 2 heterocycles. The summed E-state index contributed by atoms with van der Waals surface area (Å²) in [6, 6.07) is 7.38. The molecule has 2 aromatic carbocycles. The summed E-state index contributed by atoms with van der Waals surface area (Å²) in [5.74, 6) is -3.79. The molecule has 0 spiro atoms. The van der Waals surface area contributed by atoms with Crippen LogP contribution in [0, 0.1) is 11.6 Å². The Morgan fingerprint density at radius 3 is 2.60 bits per heavy atom. The Bertz CT molecular complexity index is 1210. The van der Waals surface area contributed by atoms with Gasteiger partial charge in [-0.15, -0.1) is 4.40 Å². The summed E-state index contributed by atoms with van der Waals surface area (Å²) in [4.78, 5) is 27.2. The first-order valence-electron chi connectivity index (χ1n) is 8.77. The van der Waals surface area contributed by atoms with Crippen molar-refractivity contribution in [2.45, 2.75) is 17.9 Å². The molecule has 7 nitrogen and oxygen atoms in total. The van der Waals surface area contributed by atoms with Gasteiger partial charge in [-0.3, -0.25) is 4.79 Å². The number of benzene rings is 2. The Kier molecular flexibility index (Phi) is 5.10. The second-order valence-corrected chi connectivity index (χ2v) is 9.40. The minimum Gasteiger partial charge on any atom is -0.451 e. The van der Waals surface area contributed by atoms with Gasteiger partial charge in [0.05, 0.1) is 17.0 Å². The summed E-state index contributed by atoms with van der Waals surface area (Å²) in [7, 11) is -3.49. The zero-order chi connectivity index (χ0) is 21.6. The molecule has 0 aliphatic carbocycles. The molecule has 0 aromatic heterocycles. The molecule has 2 aliphatic heterocycles. The highest BCUT2D eigenvalue weighted by Gasteiger charge is 2.33. The first-order valence-corrected chi connectivity index (χ1v) is 11.2. The first-order chi connectivity index (χ1) is 14.1. The Hall–Kier alpha value is -2.79. The van der Waals surface area contributed by atoms with Crippen molar-refractivity contribution in [3.63, 3.8) is 0 Å². The smallest absolute Gasteiger partial charge is 0.338 e. The summed E-state index contributed by atoms with van der Waals surface area (Å²) < 4.78 is 58.7. The number of carbonyl (C=O) groups is 2. The van der Waals surface area contributed by atoms with Gasteiger partial charge in [0.25, 0.3) is 10.0 Å². The van der Waals surface area contributed by atoms with Gasteiger partial charge in [-0.25, -0.2) is 22.0 Å². The van der Waals surface area contributed by atoms with Crippen molar-refractivity contribution in [1.29, 1.82) is 0 Å². The van der Waals surface area contributed by atoms with Gasteiger partial charge >= 0.3 is 5.97 Å². The van der Waals surface area contributed by atoms with Crippen LogP contribution in [0.5, 0.6) is 0 Å². The number of halogens is 2. The molecule has 0 unspecified atom stereocenters. The van der Waals surface area contributed by atoms with E-state index in [0.717, 1.165) is 35.6 Å². The van der Waals surface area contributed by atoms with Crippen LogP contribution in [0.15, 0.2) is 45.7 Å². The van der Waals surface area contributed by atoms with Crippen molar-refractivity contribution in [3.05, 3.63) is 59.2 Å². The SMILES string of the molecule is C[C@H](OC(=O)c1ccc2c(c1)SC1=NS(=O)(=O)CCN12)C(=O)c1ccc(F)c(F)c1. The average molecular weight is 452 g/mol. The second-order valence-electron chi connectivity index (χ2n) is 6.64. The number of ketones is 1. The predicted molar refractivity (Wildman–Crippen MR) is 106 cm³/mol. The zero-order valence-electron chi connectivity index (χ0n) is 15.5. The third-order valence-electron chi connectivity index (χ3n) is 4.57. The molecule has 0 bridgehead atoms. The fourth-order valence-corrected chi connectivity index (χ4v) is 5.32. The van der Waals surface area contributed by atoms with E-state index in [-0.39, 0.29) is 23.4 Å². The first kappa shape index (κ1) is 20.5. The Morgan fingerprint density at radius 2 is 1.87 bits per heavy atom. The van der Waals surface area contributed by atoms with Crippen molar-refractivity contribution in [2.75, 3.05) is 17.2 Å². The van der Waals surface area contributed by atoms with Crippen LogP contribution < -0.4 is 4.90 Å². The fourth-order valence-electron chi connectivity index (χ4n) is 3.02. The highest BCUT2D eigenvalue weighted by molar-refractivity contribution is 8.15. The number of sulfonamides is 1. The van der Waals surface area contributed by atoms with Crippen LogP contribution in [0.1, 0.15) is 27.6 Å². The number of amidine groups is 1. The molecule has 0 saturated carbocycles. The minimum atomic E-state index is -3.49. The molecule has 4 rings (SSSR count). The molecule has 156 valence electrons. The van der Waals surface area contributed by atoms with Gasteiger partial charge in [0.2, 0.25) is 5.78 Å². The summed E-state index contributed by atoms with van der Waals surface area (Å²) in [5, 5.41) is 0.323. The minimum absolute atomic E-state index is 0.0934. The molecule has 0 saturated heterocycles. The largest absolute Gasteiger partial charge is 0.451 e. The lowest BCUT2D eigenvalue weighted by atomic mass is 10.1. The normalized spacial score (nSPS) is 17.6. The number of Topliss-reactive ketones (excluding diaryl/α,β-unsaturated/α-hetero) is 1. The van der Waals surface area contributed by atoms with Crippen LogP contribution in [0.3, 0.4) is 0 Å². The molecule has 11 heteroatoms. The molecule has 2 aliphatic rings. The number of hydrogen-bond donors (Lipinski definition) is 0. The van der Waals surface area contributed by atoms with Gasteiger partial charge in [-0.05, 0) is 55.1 Å². The quantitative estimate of drug-likeness (QED) is 0.520. The van der Waals surface area contributed by atoms with Crippen LogP contribution in [0.25, 0.3) is 0 Å². The van der Waals surface area contributed by atoms with Gasteiger partial charge in [0.1, 0.15) is 0 Å². The summed E-state index contributed by atoms with van der Waals surface area (Å²) >= 11 is 1.12. The molecule has 0 radical (unpaired) electrons. The molecule has 0 amide bonds. The Morgan fingerprint density at radius 1 is 1.13 bits per heavy atom. The Balaban J connectivity index is 1.50. The zero-order valence-corrected chi connectivity index (χ0v) is 17.1. The van der Waals surface area contributed by atoms with Crippen molar-refractivity contribution < 1.29 is 31.5 Å². The highest BCUT2D eigenvalue weighted by Crippen LogP contribution is 2.42. The number of thioether (sulfide) groups is 1. The molecule has 0 N–H and O–H groups in total. The average Bonchev–Trinajstić information content (AvgIpc) is 3.04. The lowest BCUT2D eigenvalue weighted by Crippen LogP contribution is -2.35. The van der Waals surface area contributed by atoms with Crippen molar-refractivity contribution >= 4 is 44.4 Å². The van der Waals surface area contributed by atoms with Crippen molar-refractivity contribution in [1.82, 2.24) is 0 Å². The molecular formula is C19H14F2N2O5S2. The maximum absolute atomic E-state index is 13.3. The van der Waals surface area contributed by atoms with Gasteiger partial charge in [-0.1, -0.05) is 0 Å². The molecule has 1 atom stereocenters. The van der Waals surface area contributed by atoms with Crippen LogP contribution in [0.2, 0.25) is 0 Å². The number of anilines is 1. The van der Waals surface area contributed by atoms with Crippen LogP contribution in [-0.2, 0) is 14.8 Å². The number of hydrogen-bond acceptors (Lipinski definition) is 7. The topological polar surface area (TPSA) is 93.1 Å². The maximum atomic E-state index is 13.3. The standard InChI is InChI=1S/C19H14F2N2O5S2/c1-10(17(24)11-2-4-13(20)14(21)8-11)28-18(25)12-3-5-15-16(9-12)29-19-22-30(26,27)7-6-23(15)19/h2-5,8-10H,6-7H2,1H3/t10-/m0/s1. The molecular weight excluding hydrogens is 438 g/mol. The molecule has 2 aromatic rings. The van der Waals surface area contributed by atoms with E-state index in [2.05, 4.69) is 4.40 Å². The van der Waals surface area contributed by atoms with Crippen LogP contribution >= 0.6 is 11.8 Å². The number of ether oxygens (including phenoxy) is 1. The molecule has 30 heavy (non-hydrogen) atoms. The highest BCUT2D eigenvalue weighted by atomic mass is 32.2. The van der Waals surface area contributed by atoms with E-state index < -0.39 is 39.5 Å². The van der Waals surface area contributed by atoms with Gasteiger partial charge in [-0.2, -0.15) is 0 Å². The van der Waals surface area contributed by atoms with E-state index in [0.29, 0.717) is 10.1 Å². The Labute approximate surface area is 174 Å².